The summed E-state index contributed by atoms with van der Waals surface area (Å²) in [6, 6.07) is 11.8. The lowest BCUT2D eigenvalue weighted by atomic mass is 10.2. The largest absolute Gasteiger partial charge is 0.404 e. The van der Waals surface area contributed by atoms with Crippen molar-refractivity contribution in [2.45, 2.75) is 13.8 Å². The number of carbonyl (C=O) groups is 1. The Morgan fingerprint density at radius 2 is 1.83 bits per heavy atom. The van der Waals surface area contributed by atoms with Crippen LogP contribution in [0.5, 0.6) is 0 Å². The summed E-state index contributed by atoms with van der Waals surface area (Å²) in [6.07, 6.45) is 3.16. The van der Waals surface area contributed by atoms with Crippen LogP contribution in [0, 0.1) is 0 Å². The number of halogens is 1. The third-order valence-electron chi connectivity index (χ3n) is 3.45. The Hall–Kier alpha value is -2.34. The summed E-state index contributed by atoms with van der Waals surface area (Å²) in [7, 11) is 0. The highest BCUT2D eigenvalue weighted by Gasteiger charge is 2.15. The van der Waals surface area contributed by atoms with Gasteiger partial charge < -0.3 is 9.64 Å². The fourth-order valence-corrected chi connectivity index (χ4v) is 2.38. The maximum absolute atomic E-state index is 12.4. The molecule has 0 spiro atoms. The Kier molecular flexibility index (Phi) is 6.37. The highest BCUT2D eigenvalue weighted by molar-refractivity contribution is 9.10. The van der Waals surface area contributed by atoms with Crippen molar-refractivity contribution in [1.82, 2.24) is 9.47 Å². The number of carbonyl (C=O) groups excluding carboxylic acids is 1. The van der Waals surface area contributed by atoms with Gasteiger partial charge in [0, 0.05) is 29.8 Å². The lowest BCUT2D eigenvalue weighted by Crippen LogP contribution is -2.27. The maximum atomic E-state index is 12.4. The smallest absolute Gasteiger partial charge is 0.344 e. The molecule has 0 N–H and O–H groups in total. The predicted molar refractivity (Wildman–Crippen MR) is 97.5 cm³/mol. The van der Waals surface area contributed by atoms with E-state index in [1.165, 1.54) is 16.8 Å². The third-order valence-corrected chi connectivity index (χ3v) is 3.98. The number of pyridine rings is 1. The fraction of sp³-hybridized carbons (Fsp3) is 0.222. The standard InChI is InChI=1S/C18H19BrN2O3/c1-3-20(4-2)17(13-21-12-6-5-7-16(21)22)24-18(23)14-8-10-15(19)11-9-14/h5-13H,3-4H2,1-2H3. The summed E-state index contributed by atoms with van der Waals surface area (Å²) >= 11 is 3.33. The highest BCUT2D eigenvalue weighted by Crippen LogP contribution is 2.15. The Morgan fingerprint density at radius 1 is 1.17 bits per heavy atom. The van der Waals surface area contributed by atoms with Crippen molar-refractivity contribution in [2.24, 2.45) is 0 Å². The van der Waals surface area contributed by atoms with Crippen molar-refractivity contribution in [1.29, 1.82) is 0 Å². The van der Waals surface area contributed by atoms with Gasteiger partial charge in [0.1, 0.15) is 0 Å². The van der Waals surface area contributed by atoms with E-state index in [0.717, 1.165) is 4.47 Å². The zero-order valence-corrected chi connectivity index (χ0v) is 15.2. The first-order chi connectivity index (χ1) is 11.5. The number of rotatable bonds is 6. The quantitative estimate of drug-likeness (QED) is 0.558. The number of esters is 1. The van der Waals surface area contributed by atoms with Gasteiger partial charge >= 0.3 is 5.97 Å². The normalized spacial score (nSPS) is 11.2. The Morgan fingerprint density at radius 3 is 2.42 bits per heavy atom. The number of benzene rings is 1. The molecule has 126 valence electrons. The average Bonchev–Trinajstić information content (AvgIpc) is 2.58. The summed E-state index contributed by atoms with van der Waals surface area (Å²) < 4.78 is 7.83. The lowest BCUT2D eigenvalue weighted by molar-refractivity contribution is 0.0512. The monoisotopic (exact) mass is 390 g/mol. The Labute approximate surface area is 149 Å². The molecule has 0 aliphatic carbocycles. The van der Waals surface area contributed by atoms with Gasteiger partial charge in [-0.15, -0.1) is 0 Å². The van der Waals surface area contributed by atoms with Crippen molar-refractivity contribution in [3.8, 4) is 0 Å². The Balaban J connectivity index is 2.33. The fourth-order valence-electron chi connectivity index (χ4n) is 2.11. The predicted octanol–water partition coefficient (Wildman–Crippen LogP) is 3.57. The van der Waals surface area contributed by atoms with Crippen molar-refractivity contribution < 1.29 is 9.53 Å². The van der Waals surface area contributed by atoms with Crippen molar-refractivity contribution in [3.63, 3.8) is 0 Å². The zero-order valence-electron chi connectivity index (χ0n) is 13.6. The van der Waals surface area contributed by atoms with Crippen molar-refractivity contribution >= 4 is 28.1 Å². The second-order valence-corrected chi connectivity index (χ2v) is 5.90. The second-order valence-electron chi connectivity index (χ2n) is 4.98. The van der Waals surface area contributed by atoms with Gasteiger partial charge in [-0.1, -0.05) is 22.0 Å². The average molecular weight is 391 g/mol. The molecule has 0 fully saturated rings. The van der Waals surface area contributed by atoms with E-state index < -0.39 is 5.97 Å². The molecular weight excluding hydrogens is 372 g/mol. The first-order valence-electron chi connectivity index (χ1n) is 7.66. The van der Waals surface area contributed by atoms with Gasteiger partial charge in [-0.3, -0.25) is 9.36 Å². The second kappa shape index (κ2) is 8.49. The molecule has 6 heteroatoms. The first-order valence-corrected chi connectivity index (χ1v) is 8.46. The van der Waals surface area contributed by atoms with Crippen LogP contribution in [0.1, 0.15) is 24.2 Å². The number of hydrogen-bond acceptors (Lipinski definition) is 4. The summed E-state index contributed by atoms with van der Waals surface area (Å²) in [6.45, 7) is 5.21. The van der Waals surface area contributed by atoms with Gasteiger partial charge in [-0.2, -0.15) is 0 Å². The van der Waals surface area contributed by atoms with Gasteiger partial charge in [0.05, 0.1) is 11.8 Å². The summed E-state index contributed by atoms with van der Waals surface area (Å²) in [5.41, 5.74) is 0.249. The van der Waals surface area contributed by atoms with Crippen LogP contribution in [-0.4, -0.2) is 28.5 Å². The molecule has 0 aliphatic rings. The molecule has 5 nitrogen and oxygen atoms in total. The minimum absolute atomic E-state index is 0.193. The van der Waals surface area contributed by atoms with Crippen LogP contribution in [0.25, 0.3) is 6.20 Å². The van der Waals surface area contributed by atoms with Gasteiger partial charge in [-0.05, 0) is 44.2 Å². The van der Waals surface area contributed by atoms with Crippen LogP contribution in [0.3, 0.4) is 0 Å². The number of nitrogens with zero attached hydrogens (tertiary/aromatic N) is 2. The number of ether oxygens (including phenoxy) is 1. The van der Waals surface area contributed by atoms with Crippen LogP contribution < -0.4 is 5.56 Å². The van der Waals surface area contributed by atoms with Crippen LogP contribution in [-0.2, 0) is 4.74 Å². The van der Waals surface area contributed by atoms with E-state index in [2.05, 4.69) is 15.9 Å². The van der Waals surface area contributed by atoms with E-state index in [0.29, 0.717) is 24.5 Å². The van der Waals surface area contributed by atoms with E-state index in [1.54, 1.807) is 42.6 Å². The van der Waals surface area contributed by atoms with E-state index in [1.807, 2.05) is 18.7 Å². The molecule has 1 aromatic heterocycles. The third kappa shape index (κ3) is 4.58. The molecular formula is C18H19BrN2O3. The molecule has 0 aliphatic heterocycles. The van der Waals surface area contributed by atoms with Gasteiger partial charge in [0.2, 0.25) is 5.88 Å². The van der Waals surface area contributed by atoms with E-state index in [-0.39, 0.29) is 5.56 Å². The molecule has 0 radical (unpaired) electrons. The van der Waals surface area contributed by atoms with Crippen LogP contribution in [0.4, 0.5) is 0 Å². The van der Waals surface area contributed by atoms with Crippen LogP contribution in [0.15, 0.2) is 63.8 Å². The molecule has 1 aromatic carbocycles. The van der Waals surface area contributed by atoms with Gasteiger partial charge in [0.25, 0.3) is 5.56 Å². The summed E-state index contributed by atoms with van der Waals surface area (Å²) in [5, 5.41) is 0. The number of hydrogen-bond donors (Lipinski definition) is 0. The van der Waals surface area contributed by atoms with E-state index >= 15 is 0 Å². The molecule has 0 saturated heterocycles. The Bertz CT molecular complexity index is 777. The van der Waals surface area contributed by atoms with Crippen LogP contribution in [0.2, 0.25) is 0 Å². The summed E-state index contributed by atoms with van der Waals surface area (Å²) in [5.74, 6) is -0.133. The molecule has 2 aromatic rings. The molecule has 2 rings (SSSR count). The van der Waals surface area contributed by atoms with E-state index in [9.17, 15) is 9.59 Å². The summed E-state index contributed by atoms with van der Waals surface area (Å²) in [4.78, 5) is 26.2. The SMILES string of the molecule is CCN(CC)C(=Cn1ccccc1=O)OC(=O)c1ccc(Br)cc1. The minimum Gasteiger partial charge on any atom is -0.404 e. The van der Waals surface area contributed by atoms with Gasteiger partial charge in [-0.25, -0.2) is 4.79 Å². The van der Waals surface area contributed by atoms with Crippen molar-refractivity contribution in [3.05, 3.63) is 74.9 Å². The molecule has 0 saturated carbocycles. The molecule has 0 bridgehead atoms. The van der Waals surface area contributed by atoms with Crippen molar-refractivity contribution in [2.75, 3.05) is 13.1 Å². The zero-order chi connectivity index (χ0) is 17.5. The molecule has 0 amide bonds. The first kappa shape index (κ1) is 18.0. The highest BCUT2D eigenvalue weighted by atomic mass is 79.9. The molecule has 1 heterocycles. The van der Waals surface area contributed by atoms with Crippen LogP contribution >= 0.6 is 15.9 Å². The van der Waals surface area contributed by atoms with E-state index in [4.69, 9.17) is 4.74 Å². The lowest BCUT2D eigenvalue weighted by Gasteiger charge is -2.23. The molecule has 0 unspecified atom stereocenters. The number of aromatic nitrogens is 1. The molecule has 0 atom stereocenters. The maximum Gasteiger partial charge on any atom is 0.344 e. The minimum atomic E-state index is -0.468. The van der Waals surface area contributed by atoms with Gasteiger partial charge in [0.15, 0.2) is 0 Å². The topological polar surface area (TPSA) is 51.5 Å². The molecule has 24 heavy (non-hydrogen) atoms.